The van der Waals surface area contributed by atoms with Crippen molar-refractivity contribution in [2.75, 3.05) is 0 Å². The Morgan fingerprint density at radius 2 is 1.50 bits per heavy atom. The summed E-state index contributed by atoms with van der Waals surface area (Å²) in [5.41, 5.74) is -0.441. The van der Waals surface area contributed by atoms with Crippen LogP contribution in [-0.4, -0.2) is 17.3 Å². The fourth-order valence-electron chi connectivity index (χ4n) is 2.65. The van der Waals surface area contributed by atoms with Crippen LogP contribution in [0.15, 0.2) is 0 Å². The van der Waals surface area contributed by atoms with Crippen molar-refractivity contribution in [2.24, 2.45) is 5.41 Å². The number of hydrogen-bond donors (Lipinski definition) is 0. The van der Waals surface area contributed by atoms with Crippen molar-refractivity contribution in [2.45, 2.75) is 44.9 Å². The molecule has 0 aliphatic heterocycles. The van der Waals surface area contributed by atoms with Gasteiger partial charge in [0.25, 0.3) is 5.78 Å². The summed E-state index contributed by atoms with van der Waals surface area (Å²) in [7, 11) is 0. The van der Waals surface area contributed by atoms with Crippen LogP contribution >= 0.6 is 0 Å². The zero-order chi connectivity index (χ0) is 10.2. The molecule has 0 amide bonds. The summed E-state index contributed by atoms with van der Waals surface area (Å²) in [4.78, 5) is 34.1. The van der Waals surface area contributed by atoms with Gasteiger partial charge in [-0.1, -0.05) is 19.3 Å². The maximum atomic E-state index is 11.7. The Labute approximate surface area is 82.9 Å². The lowest BCUT2D eigenvalue weighted by atomic mass is 9.64. The van der Waals surface area contributed by atoms with Crippen molar-refractivity contribution in [3.05, 3.63) is 0 Å². The average molecular weight is 194 g/mol. The van der Waals surface area contributed by atoms with Crippen LogP contribution < -0.4 is 0 Å². The summed E-state index contributed by atoms with van der Waals surface area (Å²) >= 11 is 0. The van der Waals surface area contributed by atoms with Crippen LogP contribution in [0.25, 0.3) is 0 Å². The minimum atomic E-state index is -0.738. The van der Waals surface area contributed by atoms with E-state index in [-0.39, 0.29) is 6.42 Å². The zero-order valence-corrected chi connectivity index (χ0v) is 8.17. The van der Waals surface area contributed by atoms with Gasteiger partial charge in [-0.2, -0.15) is 0 Å². The van der Waals surface area contributed by atoms with Gasteiger partial charge >= 0.3 is 0 Å². The van der Waals surface area contributed by atoms with E-state index < -0.39 is 22.8 Å². The molecule has 2 rings (SSSR count). The molecule has 2 fully saturated rings. The van der Waals surface area contributed by atoms with Crippen molar-refractivity contribution in [3.63, 3.8) is 0 Å². The Bertz CT molecular complexity index is 298. The molecule has 0 aromatic carbocycles. The van der Waals surface area contributed by atoms with Crippen LogP contribution in [0.2, 0.25) is 0 Å². The standard InChI is InChI=1S/C11H14O3/c12-8-4-7-11(10(14)9(8)13)5-2-1-3-6-11/h1-7H2. The predicted molar refractivity (Wildman–Crippen MR) is 49.8 cm³/mol. The first-order chi connectivity index (χ1) is 6.66. The van der Waals surface area contributed by atoms with Crippen molar-refractivity contribution in [3.8, 4) is 0 Å². The number of rotatable bonds is 0. The van der Waals surface area contributed by atoms with Gasteiger partial charge in [-0.3, -0.25) is 14.4 Å². The lowest BCUT2D eigenvalue weighted by Gasteiger charge is -2.37. The van der Waals surface area contributed by atoms with Crippen molar-refractivity contribution < 1.29 is 14.4 Å². The zero-order valence-electron chi connectivity index (χ0n) is 8.17. The SMILES string of the molecule is O=C1CCC2(CCCCC2)C(=O)C1=O. The first-order valence-corrected chi connectivity index (χ1v) is 5.28. The van der Waals surface area contributed by atoms with Gasteiger partial charge in [-0.15, -0.1) is 0 Å². The molecule has 0 aromatic rings. The highest BCUT2D eigenvalue weighted by Gasteiger charge is 2.47. The van der Waals surface area contributed by atoms with Gasteiger partial charge in [0.05, 0.1) is 0 Å². The molecule has 2 aliphatic carbocycles. The molecule has 0 atom stereocenters. The summed E-state index contributed by atoms with van der Waals surface area (Å²) < 4.78 is 0. The van der Waals surface area contributed by atoms with Crippen molar-refractivity contribution >= 4 is 17.3 Å². The van der Waals surface area contributed by atoms with Gasteiger partial charge in [-0.25, -0.2) is 0 Å². The second-order valence-corrected chi connectivity index (χ2v) is 4.42. The van der Waals surface area contributed by atoms with Crippen LogP contribution in [0.5, 0.6) is 0 Å². The second kappa shape index (κ2) is 3.30. The number of ketones is 3. The molecule has 0 saturated heterocycles. The Morgan fingerprint density at radius 1 is 0.857 bits per heavy atom. The van der Waals surface area contributed by atoms with Gasteiger partial charge in [0, 0.05) is 11.8 Å². The molecule has 0 bridgehead atoms. The summed E-state index contributed by atoms with van der Waals surface area (Å²) in [5.74, 6) is -1.61. The lowest BCUT2D eigenvalue weighted by molar-refractivity contribution is -0.152. The molecule has 2 saturated carbocycles. The van der Waals surface area contributed by atoms with E-state index >= 15 is 0 Å². The Morgan fingerprint density at radius 3 is 2.14 bits per heavy atom. The van der Waals surface area contributed by atoms with E-state index in [1.807, 2.05) is 0 Å². The van der Waals surface area contributed by atoms with E-state index in [4.69, 9.17) is 0 Å². The highest BCUT2D eigenvalue weighted by molar-refractivity contribution is 6.65. The quantitative estimate of drug-likeness (QED) is 0.548. The first kappa shape index (κ1) is 9.56. The molecule has 0 heterocycles. The third-order valence-corrected chi connectivity index (χ3v) is 3.58. The van der Waals surface area contributed by atoms with Crippen LogP contribution in [0, 0.1) is 5.41 Å². The number of Topliss-reactive ketones (excluding diaryl/α,β-unsaturated/α-hetero) is 3. The molecule has 3 heteroatoms. The minimum absolute atomic E-state index is 0.282. The van der Waals surface area contributed by atoms with Crippen LogP contribution in [0.1, 0.15) is 44.9 Å². The van der Waals surface area contributed by atoms with E-state index in [9.17, 15) is 14.4 Å². The summed E-state index contributed by atoms with van der Waals surface area (Å²) in [6.45, 7) is 0. The predicted octanol–water partition coefficient (Wildman–Crippen LogP) is 1.44. The van der Waals surface area contributed by atoms with E-state index in [0.717, 1.165) is 32.1 Å². The maximum absolute atomic E-state index is 11.7. The van der Waals surface area contributed by atoms with Gasteiger partial charge in [0.15, 0.2) is 0 Å². The summed E-state index contributed by atoms with van der Waals surface area (Å²) in [5, 5.41) is 0. The molecule has 3 nitrogen and oxygen atoms in total. The van der Waals surface area contributed by atoms with E-state index in [1.165, 1.54) is 0 Å². The molecule has 2 aliphatic rings. The molecule has 0 unspecified atom stereocenters. The molecular formula is C11H14O3. The van der Waals surface area contributed by atoms with E-state index in [1.54, 1.807) is 0 Å². The summed E-state index contributed by atoms with van der Waals surface area (Å²) in [6, 6.07) is 0. The van der Waals surface area contributed by atoms with Gasteiger partial charge in [0.1, 0.15) is 0 Å². The highest BCUT2D eigenvalue weighted by atomic mass is 16.2. The highest BCUT2D eigenvalue weighted by Crippen LogP contribution is 2.43. The topological polar surface area (TPSA) is 51.2 Å². The Kier molecular flexibility index (Phi) is 2.25. The van der Waals surface area contributed by atoms with E-state index in [0.29, 0.717) is 6.42 Å². The fraction of sp³-hybridized carbons (Fsp3) is 0.727. The molecule has 1 spiro atoms. The van der Waals surface area contributed by atoms with Gasteiger partial charge in [-0.05, 0) is 19.3 Å². The Balaban J connectivity index is 2.23. The van der Waals surface area contributed by atoms with Crippen LogP contribution in [0.4, 0.5) is 0 Å². The smallest absolute Gasteiger partial charge is 0.264 e. The third kappa shape index (κ3) is 1.31. The normalized spacial score (nSPS) is 27.0. The third-order valence-electron chi connectivity index (χ3n) is 3.58. The van der Waals surface area contributed by atoms with Gasteiger partial charge in [0.2, 0.25) is 11.6 Å². The minimum Gasteiger partial charge on any atom is -0.290 e. The molecule has 0 radical (unpaired) electrons. The second-order valence-electron chi connectivity index (χ2n) is 4.42. The largest absolute Gasteiger partial charge is 0.290 e. The number of carbonyl (C=O) groups excluding carboxylic acids is 3. The average Bonchev–Trinajstić information content (AvgIpc) is 2.23. The van der Waals surface area contributed by atoms with Crippen LogP contribution in [-0.2, 0) is 14.4 Å². The lowest BCUT2D eigenvalue weighted by Crippen LogP contribution is -2.45. The van der Waals surface area contributed by atoms with Crippen molar-refractivity contribution in [1.29, 1.82) is 0 Å². The molecule has 14 heavy (non-hydrogen) atoms. The van der Waals surface area contributed by atoms with Crippen molar-refractivity contribution in [1.82, 2.24) is 0 Å². The van der Waals surface area contributed by atoms with Gasteiger partial charge < -0.3 is 0 Å². The van der Waals surface area contributed by atoms with E-state index in [2.05, 4.69) is 0 Å². The molecular weight excluding hydrogens is 180 g/mol. The number of carbonyl (C=O) groups is 3. The maximum Gasteiger partial charge on any atom is 0.264 e. The monoisotopic (exact) mass is 194 g/mol. The molecule has 0 aromatic heterocycles. The first-order valence-electron chi connectivity index (χ1n) is 5.28. The molecule has 0 N–H and O–H groups in total. The number of hydrogen-bond acceptors (Lipinski definition) is 3. The molecule has 76 valence electrons. The van der Waals surface area contributed by atoms with Crippen LogP contribution in [0.3, 0.4) is 0 Å². The summed E-state index contributed by atoms with van der Waals surface area (Å²) in [6.07, 6.45) is 5.70. The Hall–Kier alpha value is -0.990. The fourth-order valence-corrected chi connectivity index (χ4v) is 2.65.